The van der Waals surface area contributed by atoms with E-state index in [1.54, 1.807) is 6.07 Å². The Balaban J connectivity index is 0.00000225. The molecule has 0 bridgehead atoms. The van der Waals surface area contributed by atoms with Crippen LogP contribution in [0.4, 0.5) is 10.1 Å². The van der Waals surface area contributed by atoms with Gasteiger partial charge in [-0.25, -0.2) is 4.39 Å². The largest absolute Gasteiger partial charge is 0.493 e. The molecule has 0 fully saturated rings. The van der Waals surface area contributed by atoms with Gasteiger partial charge >= 0.3 is 0 Å². The van der Waals surface area contributed by atoms with Crippen molar-refractivity contribution in [3.8, 4) is 5.75 Å². The zero-order valence-electron chi connectivity index (χ0n) is 13.5. The van der Waals surface area contributed by atoms with Crippen LogP contribution in [0, 0.1) is 5.82 Å². The highest BCUT2D eigenvalue weighted by molar-refractivity contribution is 9.10. The van der Waals surface area contributed by atoms with Crippen molar-refractivity contribution in [1.82, 2.24) is 5.32 Å². The van der Waals surface area contributed by atoms with Gasteiger partial charge in [0.2, 0.25) is 5.91 Å². The average Bonchev–Trinajstić information content (AvgIpc) is 2.58. The fraction of sp³-hybridized carbons (Fsp3) is 0.278. The fourth-order valence-electron chi connectivity index (χ4n) is 2.66. The smallest absolute Gasteiger partial charge is 0.227 e. The molecule has 1 aliphatic heterocycles. The number of nitrogens with one attached hydrogen (secondary N) is 2. The van der Waals surface area contributed by atoms with Crippen LogP contribution >= 0.6 is 28.3 Å². The Morgan fingerprint density at radius 2 is 2.16 bits per heavy atom. The molecular weight excluding hydrogens is 411 g/mol. The molecule has 2 aromatic rings. The van der Waals surface area contributed by atoms with Gasteiger partial charge in [0.05, 0.1) is 18.7 Å². The summed E-state index contributed by atoms with van der Waals surface area (Å²) >= 11 is 3.36. The second-order valence-corrected chi connectivity index (χ2v) is 6.51. The number of amides is 1. The molecule has 3 rings (SSSR count). The number of fused-ring (bicyclic) bond motifs is 1. The van der Waals surface area contributed by atoms with Gasteiger partial charge in [0.25, 0.3) is 0 Å². The van der Waals surface area contributed by atoms with Crippen LogP contribution in [-0.2, 0) is 17.8 Å². The van der Waals surface area contributed by atoms with E-state index in [-0.39, 0.29) is 42.8 Å². The zero-order valence-corrected chi connectivity index (χ0v) is 15.9. The molecule has 1 heterocycles. The van der Waals surface area contributed by atoms with E-state index in [2.05, 4.69) is 26.6 Å². The van der Waals surface area contributed by atoms with Gasteiger partial charge in [0, 0.05) is 11.0 Å². The van der Waals surface area contributed by atoms with Gasteiger partial charge in [-0.15, -0.1) is 12.4 Å². The Kier molecular flexibility index (Phi) is 7.23. The molecule has 0 radical (unpaired) electrons. The second kappa shape index (κ2) is 9.17. The van der Waals surface area contributed by atoms with E-state index in [0.717, 1.165) is 16.6 Å². The van der Waals surface area contributed by atoms with Crippen LogP contribution < -0.4 is 15.4 Å². The molecule has 0 saturated heterocycles. The summed E-state index contributed by atoms with van der Waals surface area (Å²) in [7, 11) is 0. The molecule has 7 heteroatoms. The van der Waals surface area contributed by atoms with Crippen LogP contribution in [0.3, 0.4) is 0 Å². The van der Waals surface area contributed by atoms with Crippen LogP contribution in [-0.4, -0.2) is 19.1 Å². The predicted molar refractivity (Wildman–Crippen MR) is 102 cm³/mol. The van der Waals surface area contributed by atoms with Crippen LogP contribution in [0.2, 0.25) is 0 Å². The highest BCUT2D eigenvalue weighted by Gasteiger charge is 2.17. The zero-order chi connectivity index (χ0) is 16.9. The number of hydrogen-bond acceptors (Lipinski definition) is 3. The fourth-order valence-corrected chi connectivity index (χ4v) is 3.04. The number of hydrogen-bond donors (Lipinski definition) is 2. The van der Waals surface area contributed by atoms with E-state index in [1.165, 1.54) is 0 Å². The Morgan fingerprint density at radius 3 is 2.96 bits per heavy atom. The summed E-state index contributed by atoms with van der Waals surface area (Å²) in [5, 5.41) is 5.84. The van der Waals surface area contributed by atoms with Crippen LogP contribution in [0.25, 0.3) is 0 Å². The van der Waals surface area contributed by atoms with Crippen LogP contribution in [0.5, 0.6) is 5.75 Å². The first-order chi connectivity index (χ1) is 11.6. The number of benzene rings is 2. The van der Waals surface area contributed by atoms with E-state index in [0.29, 0.717) is 24.3 Å². The molecule has 0 atom stereocenters. The third kappa shape index (κ3) is 5.17. The molecule has 0 aromatic heterocycles. The van der Waals surface area contributed by atoms with Crippen molar-refractivity contribution in [3.63, 3.8) is 0 Å². The summed E-state index contributed by atoms with van der Waals surface area (Å²) < 4.78 is 20.9. The first kappa shape index (κ1) is 19.7. The lowest BCUT2D eigenvalue weighted by molar-refractivity contribution is -0.116. The number of rotatable bonds is 5. The predicted octanol–water partition coefficient (Wildman–Crippen LogP) is 4.06. The van der Waals surface area contributed by atoms with Crippen molar-refractivity contribution in [1.29, 1.82) is 0 Å². The maximum absolute atomic E-state index is 14.5. The minimum absolute atomic E-state index is 0. The summed E-state index contributed by atoms with van der Waals surface area (Å²) in [5.41, 5.74) is 1.88. The van der Waals surface area contributed by atoms with Crippen LogP contribution in [0.15, 0.2) is 40.9 Å². The molecule has 1 amide bonds. The molecule has 0 spiro atoms. The molecule has 2 aromatic carbocycles. The number of carbonyl (C=O) groups is 1. The van der Waals surface area contributed by atoms with Crippen molar-refractivity contribution < 1.29 is 13.9 Å². The summed E-state index contributed by atoms with van der Waals surface area (Å²) in [6.07, 6.45) is 0.793. The number of halogens is 3. The topological polar surface area (TPSA) is 50.4 Å². The Labute approximate surface area is 160 Å². The highest BCUT2D eigenvalue weighted by Crippen LogP contribution is 2.24. The number of anilines is 1. The van der Waals surface area contributed by atoms with E-state index in [9.17, 15) is 9.18 Å². The molecule has 4 nitrogen and oxygen atoms in total. The first-order valence-electron chi connectivity index (χ1n) is 7.82. The lowest BCUT2D eigenvalue weighted by Gasteiger charge is -2.19. The van der Waals surface area contributed by atoms with Gasteiger partial charge in [0.1, 0.15) is 11.6 Å². The molecule has 0 unspecified atom stereocenters. The van der Waals surface area contributed by atoms with E-state index in [1.807, 2.05) is 30.3 Å². The normalized spacial score (nSPS) is 12.7. The third-order valence-corrected chi connectivity index (χ3v) is 4.37. The molecule has 2 N–H and O–H groups in total. The van der Waals surface area contributed by atoms with Gasteiger partial charge in [-0.1, -0.05) is 28.1 Å². The quantitative estimate of drug-likeness (QED) is 0.753. The van der Waals surface area contributed by atoms with E-state index < -0.39 is 0 Å². The second-order valence-electron chi connectivity index (χ2n) is 5.60. The molecule has 0 saturated carbocycles. The summed E-state index contributed by atoms with van der Waals surface area (Å²) in [6.45, 7) is 1.65. The molecular formula is C18H19BrClFN2O2. The van der Waals surface area contributed by atoms with Crippen molar-refractivity contribution in [3.05, 3.63) is 57.8 Å². The highest BCUT2D eigenvalue weighted by atomic mass is 79.9. The Hall–Kier alpha value is -1.63. The molecule has 0 aliphatic carbocycles. The van der Waals surface area contributed by atoms with Crippen LogP contribution in [0.1, 0.15) is 17.5 Å². The van der Waals surface area contributed by atoms with Gasteiger partial charge in [-0.2, -0.15) is 0 Å². The van der Waals surface area contributed by atoms with Crippen molar-refractivity contribution in [2.24, 2.45) is 0 Å². The lowest BCUT2D eigenvalue weighted by atomic mass is 9.99. The van der Waals surface area contributed by atoms with E-state index >= 15 is 0 Å². The lowest BCUT2D eigenvalue weighted by Crippen LogP contribution is -2.25. The minimum atomic E-state index is -0.324. The molecule has 134 valence electrons. The number of ether oxygens (including phenoxy) is 1. The monoisotopic (exact) mass is 428 g/mol. The van der Waals surface area contributed by atoms with E-state index in [4.69, 9.17) is 4.74 Å². The maximum atomic E-state index is 14.5. The first-order valence-corrected chi connectivity index (χ1v) is 8.62. The van der Waals surface area contributed by atoms with Crippen molar-refractivity contribution in [2.75, 3.05) is 18.5 Å². The third-order valence-electron chi connectivity index (χ3n) is 3.88. The summed E-state index contributed by atoms with van der Waals surface area (Å²) in [5.74, 6) is 0.0951. The SMILES string of the molecule is Cl.O=C(CCOc1cccc(Br)c1)Nc1ccc2c(c1F)CCNC2. The summed E-state index contributed by atoms with van der Waals surface area (Å²) in [6, 6.07) is 10.9. The van der Waals surface area contributed by atoms with Gasteiger partial charge in [0.15, 0.2) is 0 Å². The van der Waals surface area contributed by atoms with Gasteiger partial charge < -0.3 is 15.4 Å². The van der Waals surface area contributed by atoms with Crippen molar-refractivity contribution in [2.45, 2.75) is 19.4 Å². The Morgan fingerprint density at radius 1 is 1.32 bits per heavy atom. The standard InChI is InChI=1S/C18H18BrFN2O2.ClH/c19-13-2-1-3-14(10-13)24-9-7-17(23)22-16-5-4-12-11-21-8-6-15(12)18(16)20;/h1-5,10,21H,6-9,11H2,(H,22,23);1H. The minimum Gasteiger partial charge on any atom is -0.493 e. The van der Waals surface area contributed by atoms with Gasteiger partial charge in [-0.05, 0) is 48.4 Å². The Bertz CT molecular complexity index is 758. The number of carbonyl (C=O) groups excluding carboxylic acids is 1. The molecule has 1 aliphatic rings. The van der Waals surface area contributed by atoms with Crippen molar-refractivity contribution >= 4 is 39.9 Å². The average molecular weight is 430 g/mol. The molecule has 25 heavy (non-hydrogen) atoms. The summed E-state index contributed by atoms with van der Waals surface area (Å²) in [4.78, 5) is 12.0. The maximum Gasteiger partial charge on any atom is 0.227 e. The van der Waals surface area contributed by atoms with Gasteiger partial charge in [-0.3, -0.25) is 4.79 Å².